The second kappa shape index (κ2) is 8.47. The molecule has 1 fully saturated rings. The summed E-state index contributed by atoms with van der Waals surface area (Å²) in [5, 5.41) is 8.55. The summed E-state index contributed by atoms with van der Waals surface area (Å²) in [7, 11) is 0. The Kier molecular flexibility index (Phi) is 6.86. The van der Waals surface area contributed by atoms with Crippen molar-refractivity contribution >= 4 is 51.6 Å². The zero-order valence-electron chi connectivity index (χ0n) is 14.1. The molecule has 1 amide bonds. The molecule has 132 valence electrons. The fourth-order valence-corrected chi connectivity index (χ4v) is 4.85. The minimum Gasteiger partial charge on any atom is -0.353 e. The Morgan fingerprint density at radius 1 is 1.46 bits per heavy atom. The first-order chi connectivity index (χ1) is 11.0. The van der Waals surface area contributed by atoms with Gasteiger partial charge in [0.1, 0.15) is 16.2 Å². The molecule has 8 heteroatoms. The lowest BCUT2D eigenvalue weighted by molar-refractivity contribution is -0.119. The van der Waals surface area contributed by atoms with E-state index in [0.717, 1.165) is 34.6 Å². The van der Waals surface area contributed by atoms with Crippen LogP contribution in [0.5, 0.6) is 0 Å². The third-order valence-corrected chi connectivity index (χ3v) is 6.36. The summed E-state index contributed by atoms with van der Waals surface area (Å²) in [6, 6.07) is 0.759. The highest BCUT2D eigenvalue weighted by Gasteiger charge is 2.20. The lowest BCUT2D eigenvalue weighted by atomic mass is 10.0. The standard InChI is InChI=1S/C16H22N4OS2.ClH/c1-9-6-12(4-5-17-9)20-13(21)7-22-15-14-10(2)11(3)23-16(14)19-8-18-15;/h8-9,12,17H,4-7H2,1-3H3,(H,20,21);1H. The first-order valence-electron chi connectivity index (χ1n) is 7.91. The highest BCUT2D eigenvalue weighted by atomic mass is 35.5. The topological polar surface area (TPSA) is 66.9 Å². The van der Waals surface area contributed by atoms with Crippen LogP contribution in [0.1, 0.15) is 30.2 Å². The minimum absolute atomic E-state index is 0. The van der Waals surface area contributed by atoms with Gasteiger partial charge in [0, 0.05) is 22.3 Å². The zero-order valence-corrected chi connectivity index (χ0v) is 16.5. The molecule has 2 N–H and O–H groups in total. The SMILES string of the molecule is Cc1sc2ncnc(SCC(=O)NC3CCNC(C)C3)c2c1C.Cl. The molecule has 0 aromatic carbocycles. The van der Waals surface area contributed by atoms with Gasteiger partial charge in [0.2, 0.25) is 5.91 Å². The normalized spacial score (nSPS) is 20.6. The van der Waals surface area contributed by atoms with Crippen LogP contribution in [0.25, 0.3) is 10.2 Å². The summed E-state index contributed by atoms with van der Waals surface area (Å²) in [5.41, 5.74) is 1.22. The number of thiophene rings is 1. The number of halogens is 1. The highest BCUT2D eigenvalue weighted by molar-refractivity contribution is 8.00. The van der Waals surface area contributed by atoms with E-state index in [1.54, 1.807) is 17.7 Å². The molecule has 1 aliphatic heterocycles. The lowest BCUT2D eigenvalue weighted by Gasteiger charge is -2.28. The first kappa shape index (κ1) is 19.4. The van der Waals surface area contributed by atoms with Crippen LogP contribution in [-0.4, -0.2) is 40.3 Å². The summed E-state index contributed by atoms with van der Waals surface area (Å²) in [6.45, 7) is 7.32. The van der Waals surface area contributed by atoms with Crippen molar-refractivity contribution in [2.45, 2.75) is 50.7 Å². The first-order valence-corrected chi connectivity index (χ1v) is 9.71. The molecule has 0 saturated carbocycles. The molecule has 0 bridgehead atoms. The van der Waals surface area contributed by atoms with Gasteiger partial charge in [-0.25, -0.2) is 9.97 Å². The Morgan fingerprint density at radius 2 is 2.25 bits per heavy atom. The molecule has 1 aliphatic rings. The number of fused-ring (bicyclic) bond motifs is 1. The van der Waals surface area contributed by atoms with Crippen LogP contribution in [0.3, 0.4) is 0 Å². The molecule has 0 spiro atoms. The lowest BCUT2D eigenvalue weighted by Crippen LogP contribution is -2.47. The molecular weight excluding hydrogens is 364 g/mol. The van der Waals surface area contributed by atoms with Crippen molar-refractivity contribution in [2.75, 3.05) is 12.3 Å². The number of nitrogens with zero attached hydrogens (tertiary/aromatic N) is 2. The molecular formula is C16H23ClN4OS2. The van der Waals surface area contributed by atoms with E-state index in [1.165, 1.54) is 22.2 Å². The highest BCUT2D eigenvalue weighted by Crippen LogP contribution is 2.34. The third kappa shape index (κ3) is 4.39. The van der Waals surface area contributed by atoms with E-state index < -0.39 is 0 Å². The van der Waals surface area contributed by atoms with Crippen molar-refractivity contribution in [3.8, 4) is 0 Å². The molecule has 0 aliphatic carbocycles. The van der Waals surface area contributed by atoms with Gasteiger partial charge < -0.3 is 10.6 Å². The van der Waals surface area contributed by atoms with E-state index >= 15 is 0 Å². The monoisotopic (exact) mass is 386 g/mol. The van der Waals surface area contributed by atoms with Gasteiger partial charge in [-0.1, -0.05) is 11.8 Å². The van der Waals surface area contributed by atoms with E-state index in [-0.39, 0.29) is 24.4 Å². The second-order valence-electron chi connectivity index (χ2n) is 6.07. The van der Waals surface area contributed by atoms with Gasteiger partial charge in [0.05, 0.1) is 5.75 Å². The van der Waals surface area contributed by atoms with Crippen molar-refractivity contribution in [2.24, 2.45) is 0 Å². The van der Waals surface area contributed by atoms with Gasteiger partial charge in [0.15, 0.2) is 0 Å². The number of aryl methyl sites for hydroxylation is 2. The number of carbonyl (C=O) groups is 1. The maximum atomic E-state index is 12.2. The van der Waals surface area contributed by atoms with Gasteiger partial charge in [-0.05, 0) is 45.7 Å². The Labute approximate surface area is 156 Å². The van der Waals surface area contributed by atoms with Crippen molar-refractivity contribution in [1.82, 2.24) is 20.6 Å². The van der Waals surface area contributed by atoms with Crippen molar-refractivity contribution < 1.29 is 4.79 Å². The molecule has 2 aromatic rings. The molecule has 5 nitrogen and oxygen atoms in total. The quantitative estimate of drug-likeness (QED) is 0.624. The van der Waals surface area contributed by atoms with Gasteiger partial charge in [-0.2, -0.15) is 0 Å². The molecule has 3 heterocycles. The summed E-state index contributed by atoms with van der Waals surface area (Å²) in [5.74, 6) is 0.490. The van der Waals surface area contributed by atoms with Crippen molar-refractivity contribution in [1.29, 1.82) is 0 Å². The Bertz CT molecular complexity index is 721. The Morgan fingerprint density at radius 3 is 3.00 bits per heavy atom. The van der Waals surface area contributed by atoms with Gasteiger partial charge >= 0.3 is 0 Å². The number of aromatic nitrogens is 2. The minimum atomic E-state index is 0. The van der Waals surface area contributed by atoms with E-state index in [9.17, 15) is 4.79 Å². The number of nitrogens with one attached hydrogen (secondary N) is 2. The van der Waals surface area contributed by atoms with E-state index in [1.807, 2.05) is 0 Å². The van der Waals surface area contributed by atoms with Crippen LogP contribution in [0, 0.1) is 13.8 Å². The van der Waals surface area contributed by atoms with E-state index in [4.69, 9.17) is 0 Å². The number of piperidine rings is 1. The smallest absolute Gasteiger partial charge is 0.230 e. The van der Waals surface area contributed by atoms with Crippen molar-refractivity contribution in [3.63, 3.8) is 0 Å². The summed E-state index contributed by atoms with van der Waals surface area (Å²) in [6.07, 6.45) is 3.59. The number of hydrogen-bond donors (Lipinski definition) is 2. The fraction of sp³-hybridized carbons (Fsp3) is 0.562. The molecule has 1 saturated heterocycles. The third-order valence-electron chi connectivity index (χ3n) is 4.26. The van der Waals surface area contributed by atoms with Crippen LogP contribution < -0.4 is 10.6 Å². The maximum Gasteiger partial charge on any atom is 0.230 e. The molecule has 3 rings (SSSR count). The predicted octanol–water partition coefficient (Wildman–Crippen LogP) is 3.08. The molecule has 2 atom stereocenters. The number of rotatable bonds is 4. The van der Waals surface area contributed by atoms with Crippen LogP contribution in [-0.2, 0) is 4.79 Å². The Hall–Kier alpha value is -0.890. The van der Waals surface area contributed by atoms with Gasteiger partial charge in [0.25, 0.3) is 0 Å². The molecule has 2 aromatic heterocycles. The number of carbonyl (C=O) groups excluding carboxylic acids is 1. The number of amides is 1. The average molecular weight is 387 g/mol. The number of thioether (sulfide) groups is 1. The predicted molar refractivity (Wildman–Crippen MR) is 103 cm³/mol. The summed E-state index contributed by atoms with van der Waals surface area (Å²) in [4.78, 5) is 23.2. The average Bonchev–Trinajstić information content (AvgIpc) is 2.81. The molecule has 24 heavy (non-hydrogen) atoms. The summed E-state index contributed by atoms with van der Waals surface area (Å²) < 4.78 is 0. The van der Waals surface area contributed by atoms with Crippen LogP contribution in [0.4, 0.5) is 0 Å². The largest absolute Gasteiger partial charge is 0.353 e. The number of hydrogen-bond acceptors (Lipinski definition) is 6. The fourth-order valence-electron chi connectivity index (χ4n) is 2.93. The van der Waals surface area contributed by atoms with Crippen LogP contribution in [0.2, 0.25) is 0 Å². The van der Waals surface area contributed by atoms with Crippen LogP contribution >= 0.6 is 35.5 Å². The maximum absolute atomic E-state index is 12.2. The zero-order chi connectivity index (χ0) is 16.4. The van der Waals surface area contributed by atoms with Crippen molar-refractivity contribution in [3.05, 3.63) is 16.8 Å². The molecule has 2 unspecified atom stereocenters. The second-order valence-corrected chi connectivity index (χ2v) is 8.24. The summed E-state index contributed by atoms with van der Waals surface area (Å²) >= 11 is 3.19. The van der Waals surface area contributed by atoms with Gasteiger partial charge in [-0.15, -0.1) is 23.7 Å². The Balaban J connectivity index is 0.00000208. The van der Waals surface area contributed by atoms with Gasteiger partial charge in [-0.3, -0.25) is 4.79 Å². The molecule has 0 radical (unpaired) electrons. The van der Waals surface area contributed by atoms with E-state index in [2.05, 4.69) is 41.4 Å². The van der Waals surface area contributed by atoms with Crippen LogP contribution in [0.15, 0.2) is 11.4 Å². The van der Waals surface area contributed by atoms with E-state index in [0.29, 0.717) is 11.8 Å².